The molecule has 1 aromatic carbocycles. The molecule has 2 nitrogen and oxygen atoms in total. The monoisotopic (exact) mass is 240 g/mol. The van der Waals surface area contributed by atoms with Crippen LogP contribution in [-0.4, -0.2) is 12.1 Å². The summed E-state index contributed by atoms with van der Waals surface area (Å²) in [6, 6.07) is 9.73. The summed E-state index contributed by atoms with van der Waals surface area (Å²) in [5, 5.41) is 0. The van der Waals surface area contributed by atoms with Crippen LogP contribution in [0, 0.1) is 5.92 Å². The molecule has 1 aliphatic heterocycles. The molecule has 1 aliphatic carbocycles. The van der Waals surface area contributed by atoms with Crippen LogP contribution >= 0.6 is 0 Å². The average molecular weight is 240 g/mol. The van der Waals surface area contributed by atoms with Gasteiger partial charge in [-0.1, -0.05) is 42.5 Å². The Kier molecular flexibility index (Phi) is 3.01. The predicted octanol–water partition coefficient (Wildman–Crippen LogP) is 3.35. The van der Waals surface area contributed by atoms with Gasteiger partial charge < -0.3 is 4.74 Å². The highest BCUT2D eigenvalue weighted by Crippen LogP contribution is 2.31. The molecule has 0 bridgehead atoms. The van der Waals surface area contributed by atoms with Crippen molar-refractivity contribution in [3.05, 3.63) is 54.1 Å². The summed E-state index contributed by atoms with van der Waals surface area (Å²) in [7, 11) is 0. The number of hydrogen-bond donors (Lipinski definition) is 0. The van der Waals surface area contributed by atoms with Crippen molar-refractivity contribution in [3.8, 4) is 0 Å². The van der Waals surface area contributed by atoms with Crippen molar-refractivity contribution in [2.75, 3.05) is 0 Å². The fourth-order valence-corrected chi connectivity index (χ4v) is 2.61. The minimum absolute atomic E-state index is 0.0794. The standard InChI is InChI=1S/C16H16O2/c17-16-14(12-7-3-1-4-8-12)11-15(18-16)13-9-5-2-6-10-13/h1,3-5,7-9,11,13,15H,2,6,10H2/t13-,15+/m0/s1. The van der Waals surface area contributed by atoms with Gasteiger partial charge in [-0.05, 0) is 30.9 Å². The quantitative estimate of drug-likeness (QED) is 0.585. The van der Waals surface area contributed by atoms with E-state index >= 15 is 0 Å². The van der Waals surface area contributed by atoms with Gasteiger partial charge in [0.15, 0.2) is 0 Å². The second-order valence-electron chi connectivity index (χ2n) is 4.84. The van der Waals surface area contributed by atoms with Gasteiger partial charge in [-0.25, -0.2) is 4.79 Å². The van der Waals surface area contributed by atoms with Crippen LogP contribution in [0.1, 0.15) is 24.8 Å². The predicted molar refractivity (Wildman–Crippen MR) is 70.8 cm³/mol. The van der Waals surface area contributed by atoms with Gasteiger partial charge in [0.05, 0.1) is 5.57 Å². The maximum Gasteiger partial charge on any atom is 0.339 e. The number of esters is 1. The van der Waals surface area contributed by atoms with E-state index in [1.807, 2.05) is 36.4 Å². The average Bonchev–Trinajstić information content (AvgIpc) is 2.83. The summed E-state index contributed by atoms with van der Waals surface area (Å²) in [4.78, 5) is 11.9. The van der Waals surface area contributed by atoms with Crippen LogP contribution in [0.25, 0.3) is 5.57 Å². The Labute approximate surface area is 107 Å². The number of carbonyl (C=O) groups excluding carboxylic acids is 1. The Balaban J connectivity index is 1.85. The third-order valence-corrected chi connectivity index (χ3v) is 3.59. The highest BCUT2D eigenvalue weighted by Gasteiger charge is 2.31. The van der Waals surface area contributed by atoms with Crippen molar-refractivity contribution < 1.29 is 9.53 Å². The van der Waals surface area contributed by atoms with Gasteiger partial charge in [0, 0.05) is 5.92 Å². The number of ether oxygens (including phenoxy) is 1. The van der Waals surface area contributed by atoms with Crippen LogP contribution in [0.4, 0.5) is 0 Å². The fraction of sp³-hybridized carbons (Fsp3) is 0.312. The van der Waals surface area contributed by atoms with E-state index in [1.54, 1.807) is 0 Å². The first-order valence-electron chi connectivity index (χ1n) is 6.49. The number of rotatable bonds is 2. The van der Waals surface area contributed by atoms with E-state index in [0.717, 1.165) is 18.4 Å². The van der Waals surface area contributed by atoms with Crippen LogP contribution in [0.5, 0.6) is 0 Å². The summed E-state index contributed by atoms with van der Waals surface area (Å²) in [6.45, 7) is 0. The fourth-order valence-electron chi connectivity index (χ4n) is 2.61. The van der Waals surface area contributed by atoms with Crippen molar-refractivity contribution in [2.45, 2.75) is 25.4 Å². The molecule has 0 spiro atoms. The lowest BCUT2D eigenvalue weighted by atomic mass is 9.90. The molecule has 0 aromatic heterocycles. The zero-order valence-electron chi connectivity index (χ0n) is 10.2. The minimum atomic E-state index is -0.190. The lowest BCUT2D eigenvalue weighted by molar-refractivity contribution is -0.139. The lowest BCUT2D eigenvalue weighted by Gasteiger charge is -2.20. The zero-order valence-corrected chi connectivity index (χ0v) is 10.2. The molecule has 0 radical (unpaired) electrons. The number of allylic oxidation sites excluding steroid dienone is 1. The van der Waals surface area contributed by atoms with E-state index in [2.05, 4.69) is 12.2 Å². The first kappa shape index (κ1) is 11.3. The van der Waals surface area contributed by atoms with Crippen LogP contribution in [0.2, 0.25) is 0 Å². The molecule has 0 unspecified atom stereocenters. The van der Waals surface area contributed by atoms with Crippen molar-refractivity contribution in [1.29, 1.82) is 0 Å². The minimum Gasteiger partial charge on any atom is -0.454 e. The maximum atomic E-state index is 11.9. The molecule has 1 aromatic rings. The number of cyclic esters (lactones) is 1. The third-order valence-electron chi connectivity index (χ3n) is 3.59. The molecule has 18 heavy (non-hydrogen) atoms. The van der Waals surface area contributed by atoms with Gasteiger partial charge in [0.1, 0.15) is 6.10 Å². The van der Waals surface area contributed by atoms with Gasteiger partial charge in [0.25, 0.3) is 0 Å². The zero-order chi connectivity index (χ0) is 12.4. The second kappa shape index (κ2) is 4.81. The molecular formula is C16H16O2. The van der Waals surface area contributed by atoms with Crippen LogP contribution < -0.4 is 0 Å². The normalized spacial score (nSPS) is 26.9. The van der Waals surface area contributed by atoms with Gasteiger partial charge in [0.2, 0.25) is 0 Å². The summed E-state index contributed by atoms with van der Waals surface area (Å²) >= 11 is 0. The molecule has 0 N–H and O–H groups in total. The first-order valence-corrected chi connectivity index (χ1v) is 6.49. The Hall–Kier alpha value is -1.83. The molecule has 2 aliphatic rings. The van der Waals surface area contributed by atoms with Crippen molar-refractivity contribution >= 4 is 11.5 Å². The van der Waals surface area contributed by atoms with Gasteiger partial charge in [-0.15, -0.1) is 0 Å². The van der Waals surface area contributed by atoms with E-state index < -0.39 is 0 Å². The lowest BCUT2D eigenvalue weighted by Crippen LogP contribution is -2.20. The smallest absolute Gasteiger partial charge is 0.339 e. The summed E-state index contributed by atoms with van der Waals surface area (Å²) < 4.78 is 5.49. The molecule has 0 saturated carbocycles. The Morgan fingerprint density at radius 2 is 2.00 bits per heavy atom. The molecular weight excluding hydrogens is 224 g/mol. The van der Waals surface area contributed by atoms with E-state index in [-0.39, 0.29) is 12.1 Å². The Bertz CT molecular complexity index is 499. The van der Waals surface area contributed by atoms with E-state index in [0.29, 0.717) is 11.5 Å². The highest BCUT2D eigenvalue weighted by molar-refractivity contribution is 6.18. The molecule has 92 valence electrons. The highest BCUT2D eigenvalue weighted by atomic mass is 16.5. The van der Waals surface area contributed by atoms with Crippen molar-refractivity contribution in [3.63, 3.8) is 0 Å². The summed E-state index contributed by atoms with van der Waals surface area (Å²) in [5.74, 6) is 0.161. The molecule has 3 rings (SSSR count). The number of carbonyl (C=O) groups is 1. The van der Waals surface area contributed by atoms with E-state index in [4.69, 9.17) is 4.74 Å². The number of benzene rings is 1. The van der Waals surface area contributed by atoms with Gasteiger partial charge in [-0.2, -0.15) is 0 Å². The molecule has 0 amide bonds. The maximum absolute atomic E-state index is 11.9. The third kappa shape index (κ3) is 2.10. The number of hydrogen-bond acceptors (Lipinski definition) is 2. The molecule has 0 saturated heterocycles. The van der Waals surface area contributed by atoms with Crippen molar-refractivity contribution in [2.24, 2.45) is 5.92 Å². The summed E-state index contributed by atoms with van der Waals surface area (Å²) in [5.41, 5.74) is 1.66. The Morgan fingerprint density at radius 3 is 2.72 bits per heavy atom. The van der Waals surface area contributed by atoms with E-state index in [1.165, 1.54) is 6.42 Å². The van der Waals surface area contributed by atoms with Crippen LogP contribution in [-0.2, 0) is 9.53 Å². The van der Waals surface area contributed by atoms with Gasteiger partial charge >= 0.3 is 5.97 Å². The van der Waals surface area contributed by atoms with Gasteiger partial charge in [-0.3, -0.25) is 0 Å². The van der Waals surface area contributed by atoms with Crippen LogP contribution in [0.15, 0.2) is 48.6 Å². The summed E-state index contributed by atoms with van der Waals surface area (Å²) in [6.07, 6.45) is 9.72. The van der Waals surface area contributed by atoms with Crippen molar-refractivity contribution in [1.82, 2.24) is 0 Å². The molecule has 2 heteroatoms. The SMILES string of the molecule is O=C1O[C@@H]([C@H]2C=CCCC2)C=C1c1ccccc1. The second-order valence-corrected chi connectivity index (χ2v) is 4.84. The topological polar surface area (TPSA) is 26.3 Å². The first-order chi connectivity index (χ1) is 8.84. The molecule has 2 atom stereocenters. The molecule has 0 fully saturated rings. The van der Waals surface area contributed by atoms with Crippen LogP contribution in [0.3, 0.4) is 0 Å². The van der Waals surface area contributed by atoms with E-state index in [9.17, 15) is 4.79 Å². The Morgan fingerprint density at radius 1 is 1.17 bits per heavy atom. The largest absolute Gasteiger partial charge is 0.454 e. The molecule has 1 heterocycles.